The molecule has 0 bridgehead atoms. The van der Waals surface area contributed by atoms with E-state index in [4.69, 9.17) is 5.73 Å². The van der Waals surface area contributed by atoms with Crippen LogP contribution in [0, 0.1) is 0 Å². The zero-order chi connectivity index (χ0) is 14.0. The molecule has 1 heterocycles. The minimum atomic E-state index is -0.669. The summed E-state index contributed by atoms with van der Waals surface area (Å²) in [5.41, 5.74) is 10.6. The molecule has 0 saturated heterocycles. The maximum absolute atomic E-state index is 10.5. The molecule has 1 aliphatic rings. The van der Waals surface area contributed by atoms with Gasteiger partial charge >= 0.3 is 6.03 Å². The molecule has 2 rings (SSSR count). The zero-order valence-corrected chi connectivity index (χ0v) is 11.3. The molecule has 0 saturated carbocycles. The van der Waals surface area contributed by atoms with Gasteiger partial charge in [0, 0.05) is 30.1 Å². The van der Waals surface area contributed by atoms with Crippen molar-refractivity contribution in [3.05, 3.63) is 41.6 Å². The second kappa shape index (κ2) is 4.76. The molecule has 0 fully saturated rings. The van der Waals surface area contributed by atoms with Crippen molar-refractivity contribution in [1.82, 2.24) is 5.43 Å². The van der Waals surface area contributed by atoms with Crippen molar-refractivity contribution in [3.63, 3.8) is 0 Å². The highest BCUT2D eigenvalue weighted by Crippen LogP contribution is 2.46. The molecule has 100 valence electrons. The lowest BCUT2D eigenvalue weighted by Gasteiger charge is -2.23. The van der Waals surface area contributed by atoms with Crippen LogP contribution in [0.2, 0.25) is 0 Å². The van der Waals surface area contributed by atoms with Crippen LogP contribution in [-0.2, 0) is 5.41 Å². The number of allylic oxidation sites excluding steroid dienone is 2. The lowest BCUT2D eigenvalue weighted by Crippen LogP contribution is -2.25. The number of carbonyl (C=O) groups excluding carboxylic acids is 1. The molecule has 0 radical (unpaired) electrons. The van der Waals surface area contributed by atoms with E-state index in [0.29, 0.717) is 0 Å². The largest absolute Gasteiger partial charge is 0.350 e. The summed E-state index contributed by atoms with van der Waals surface area (Å²) in [5.74, 6) is 0. The van der Waals surface area contributed by atoms with E-state index in [1.807, 2.05) is 25.3 Å². The van der Waals surface area contributed by atoms with Crippen LogP contribution in [0.25, 0.3) is 0 Å². The highest BCUT2D eigenvalue weighted by molar-refractivity contribution is 5.80. The van der Waals surface area contributed by atoms with Crippen molar-refractivity contribution in [2.75, 3.05) is 11.9 Å². The van der Waals surface area contributed by atoms with E-state index in [1.54, 1.807) is 6.21 Å². The van der Waals surface area contributed by atoms with Crippen molar-refractivity contribution in [3.8, 4) is 0 Å². The quantitative estimate of drug-likeness (QED) is 0.628. The van der Waals surface area contributed by atoms with Crippen LogP contribution in [0.1, 0.15) is 19.4 Å². The molecule has 1 aromatic carbocycles. The number of likely N-dealkylation sites (N-methyl/N-ethyl adjacent to an activating group) is 1. The molecule has 5 nitrogen and oxygen atoms in total. The summed E-state index contributed by atoms with van der Waals surface area (Å²) in [6.07, 6.45) is 3.43. The number of urea groups is 1. The Morgan fingerprint density at radius 2 is 2.11 bits per heavy atom. The number of anilines is 1. The number of nitrogens with zero attached hydrogens (tertiary/aromatic N) is 2. The fourth-order valence-corrected chi connectivity index (χ4v) is 2.51. The van der Waals surface area contributed by atoms with E-state index in [0.717, 1.165) is 5.70 Å². The standard InChI is InChI=1S/C14H18N4O/c1-14(2)10-6-4-5-7-11(10)18(3)12(14)8-9-16-17-13(15)19/h4-9H,1-3H3,(H3,15,17,19)/b12-8+,16-9-. The lowest BCUT2D eigenvalue weighted by molar-refractivity contribution is 0.249. The molecular formula is C14H18N4O. The van der Waals surface area contributed by atoms with Gasteiger partial charge in [0.15, 0.2) is 0 Å². The number of benzene rings is 1. The Kier molecular flexibility index (Phi) is 3.29. The summed E-state index contributed by atoms with van der Waals surface area (Å²) in [6, 6.07) is 7.62. The summed E-state index contributed by atoms with van der Waals surface area (Å²) < 4.78 is 0. The van der Waals surface area contributed by atoms with Crippen LogP contribution in [0.3, 0.4) is 0 Å². The number of hydrogen-bond donors (Lipinski definition) is 2. The van der Waals surface area contributed by atoms with Crippen molar-refractivity contribution in [2.24, 2.45) is 10.8 Å². The number of rotatable bonds is 2. The van der Waals surface area contributed by atoms with E-state index in [9.17, 15) is 4.79 Å². The van der Waals surface area contributed by atoms with Gasteiger partial charge in [0.1, 0.15) is 0 Å². The number of hydrogen-bond acceptors (Lipinski definition) is 3. The first kappa shape index (κ1) is 13.1. The summed E-state index contributed by atoms with van der Waals surface area (Å²) >= 11 is 0. The summed E-state index contributed by atoms with van der Waals surface area (Å²) in [6.45, 7) is 4.33. The molecule has 0 spiro atoms. The Labute approximate surface area is 112 Å². The first-order chi connectivity index (χ1) is 8.94. The monoisotopic (exact) mass is 258 g/mol. The summed E-state index contributed by atoms with van der Waals surface area (Å²) in [5, 5.41) is 3.74. The van der Waals surface area contributed by atoms with Crippen LogP contribution < -0.4 is 16.1 Å². The predicted octanol–water partition coefficient (Wildman–Crippen LogP) is 1.95. The van der Waals surface area contributed by atoms with Gasteiger partial charge in [0.05, 0.1) is 0 Å². The molecule has 1 aromatic rings. The van der Waals surface area contributed by atoms with Gasteiger partial charge in [-0.25, -0.2) is 10.2 Å². The van der Waals surface area contributed by atoms with Crippen molar-refractivity contribution in [2.45, 2.75) is 19.3 Å². The average molecular weight is 258 g/mol. The average Bonchev–Trinajstić information content (AvgIpc) is 2.55. The number of nitrogens with two attached hydrogens (primary N) is 1. The van der Waals surface area contributed by atoms with Gasteiger partial charge in [-0.3, -0.25) is 0 Å². The summed E-state index contributed by atoms with van der Waals surface area (Å²) in [7, 11) is 2.02. The van der Waals surface area contributed by atoms with Gasteiger partial charge in [-0.2, -0.15) is 5.10 Å². The predicted molar refractivity (Wildman–Crippen MR) is 77.2 cm³/mol. The SMILES string of the molecule is CN1/C(=C/C=N\NC(N)=O)C(C)(C)c2ccccc21. The zero-order valence-electron chi connectivity index (χ0n) is 11.3. The Morgan fingerprint density at radius 1 is 1.42 bits per heavy atom. The molecule has 0 unspecified atom stereocenters. The second-order valence-electron chi connectivity index (χ2n) is 5.01. The van der Waals surface area contributed by atoms with E-state index in [-0.39, 0.29) is 5.41 Å². The third-order valence-corrected chi connectivity index (χ3v) is 3.42. The van der Waals surface area contributed by atoms with Gasteiger partial charge in [0.2, 0.25) is 0 Å². The first-order valence-electron chi connectivity index (χ1n) is 6.07. The number of para-hydroxylation sites is 1. The third kappa shape index (κ3) is 2.31. The number of hydrazone groups is 1. The minimum Gasteiger partial charge on any atom is -0.350 e. The third-order valence-electron chi connectivity index (χ3n) is 3.42. The fourth-order valence-electron chi connectivity index (χ4n) is 2.51. The van der Waals surface area contributed by atoms with Crippen LogP contribution in [0.5, 0.6) is 0 Å². The Balaban J connectivity index is 2.31. The lowest BCUT2D eigenvalue weighted by atomic mass is 9.84. The van der Waals surface area contributed by atoms with Gasteiger partial charge in [-0.15, -0.1) is 0 Å². The van der Waals surface area contributed by atoms with Gasteiger partial charge in [-0.05, 0) is 17.7 Å². The van der Waals surface area contributed by atoms with E-state index in [1.165, 1.54) is 11.3 Å². The number of carbonyl (C=O) groups is 1. The Hall–Kier alpha value is -2.30. The van der Waals surface area contributed by atoms with E-state index >= 15 is 0 Å². The molecule has 0 atom stereocenters. The maximum atomic E-state index is 10.5. The molecule has 0 aliphatic carbocycles. The number of primary amides is 1. The summed E-state index contributed by atoms with van der Waals surface area (Å²) in [4.78, 5) is 12.7. The Bertz CT molecular complexity index is 560. The molecular weight excluding hydrogens is 240 g/mol. The molecule has 5 heteroatoms. The van der Waals surface area contributed by atoms with Crippen molar-refractivity contribution < 1.29 is 4.79 Å². The van der Waals surface area contributed by atoms with Gasteiger partial charge < -0.3 is 10.6 Å². The molecule has 0 aromatic heterocycles. The number of nitrogens with one attached hydrogen (secondary N) is 1. The highest BCUT2D eigenvalue weighted by atomic mass is 16.2. The molecule has 19 heavy (non-hydrogen) atoms. The molecule has 2 amide bonds. The molecule has 3 N–H and O–H groups in total. The maximum Gasteiger partial charge on any atom is 0.332 e. The normalized spacial score (nSPS) is 18.9. The second-order valence-corrected chi connectivity index (χ2v) is 5.01. The van der Waals surface area contributed by atoms with E-state index < -0.39 is 6.03 Å². The molecule has 1 aliphatic heterocycles. The smallest absolute Gasteiger partial charge is 0.332 e. The van der Waals surface area contributed by atoms with E-state index in [2.05, 4.69) is 41.4 Å². The number of fused-ring (bicyclic) bond motifs is 1. The van der Waals surface area contributed by atoms with Crippen LogP contribution in [-0.4, -0.2) is 19.3 Å². The first-order valence-corrected chi connectivity index (χ1v) is 6.07. The Morgan fingerprint density at radius 3 is 2.74 bits per heavy atom. The van der Waals surface area contributed by atoms with Crippen molar-refractivity contribution >= 4 is 17.9 Å². The van der Waals surface area contributed by atoms with Gasteiger partial charge in [-0.1, -0.05) is 32.0 Å². The number of amides is 2. The van der Waals surface area contributed by atoms with Gasteiger partial charge in [0.25, 0.3) is 0 Å². The minimum absolute atomic E-state index is 0.0932. The van der Waals surface area contributed by atoms with Crippen LogP contribution >= 0.6 is 0 Å². The fraction of sp³-hybridized carbons (Fsp3) is 0.286. The topological polar surface area (TPSA) is 70.7 Å². The van der Waals surface area contributed by atoms with Crippen LogP contribution in [0.4, 0.5) is 10.5 Å². The van der Waals surface area contributed by atoms with Crippen LogP contribution in [0.15, 0.2) is 41.1 Å². The highest BCUT2D eigenvalue weighted by Gasteiger charge is 2.37. The van der Waals surface area contributed by atoms with Crippen molar-refractivity contribution in [1.29, 1.82) is 0 Å².